The Morgan fingerprint density at radius 1 is 0.607 bits per heavy atom. The molecule has 4 rings (SSSR count). The molecular formula is C23H17NO4. The van der Waals surface area contributed by atoms with Crippen LogP contribution in [-0.2, 0) is 16.1 Å². The maximum Gasteiger partial charge on any atom is 0.262 e. The van der Waals surface area contributed by atoms with E-state index in [-0.39, 0.29) is 41.0 Å². The number of benzene rings is 3. The van der Waals surface area contributed by atoms with E-state index in [2.05, 4.69) is 0 Å². The second-order valence-corrected chi connectivity index (χ2v) is 6.53. The Morgan fingerprint density at radius 3 is 1.46 bits per heavy atom. The van der Waals surface area contributed by atoms with Crippen LogP contribution in [0.3, 0.4) is 0 Å². The highest BCUT2D eigenvalue weighted by atomic mass is 16.3. The first-order chi connectivity index (χ1) is 13.5. The molecule has 0 bridgehead atoms. The lowest BCUT2D eigenvalue weighted by Crippen LogP contribution is -2.30. The van der Waals surface area contributed by atoms with E-state index in [4.69, 9.17) is 0 Å². The summed E-state index contributed by atoms with van der Waals surface area (Å²) in [5.74, 6) is -0.618. The Bertz CT molecular complexity index is 1000. The van der Waals surface area contributed by atoms with Gasteiger partial charge in [-0.1, -0.05) is 54.6 Å². The predicted molar refractivity (Wildman–Crippen MR) is 105 cm³/mol. The quantitative estimate of drug-likeness (QED) is 0.687. The molecule has 0 radical (unpaired) electrons. The summed E-state index contributed by atoms with van der Waals surface area (Å²) in [7, 11) is 0. The molecule has 5 nitrogen and oxygen atoms in total. The fourth-order valence-electron chi connectivity index (χ4n) is 3.28. The lowest BCUT2D eigenvalue weighted by atomic mass is 9.96. The number of phenolic OH excluding ortho intramolecular Hbond substituents is 2. The van der Waals surface area contributed by atoms with Crippen LogP contribution in [0.25, 0.3) is 11.1 Å². The molecule has 0 aliphatic carbocycles. The number of carbonyl (C=O) groups excluding carboxylic acids is 2. The van der Waals surface area contributed by atoms with Crippen molar-refractivity contribution in [2.75, 3.05) is 0 Å². The molecule has 0 spiro atoms. The first-order valence-electron chi connectivity index (χ1n) is 8.78. The van der Waals surface area contributed by atoms with Crippen LogP contribution in [-0.4, -0.2) is 26.9 Å². The Kier molecular flexibility index (Phi) is 4.41. The number of nitrogens with zero attached hydrogens (tertiary/aromatic N) is 1. The molecule has 0 saturated heterocycles. The molecule has 1 heterocycles. The van der Waals surface area contributed by atoms with E-state index in [1.54, 1.807) is 24.3 Å². The number of carbonyl (C=O) groups is 2. The molecule has 138 valence electrons. The third-order valence-corrected chi connectivity index (χ3v) is 4.66. The van der Waals surface area contributed by atoms with E-state index < -0.39 is 0 Å². The highest BCUT2D eigenvalue weighted by Gasteiger charge is 2.39. The zero-order chi connectivity index (χ0) is 19.7. The van der Waals surface area contributed by atoms with Crippen molar-refractivity contribution < 1.29 is 19.8 Å². The van der Waals surface area contributed by atoms with Gasteiger partial charge in [-0.3, -0.25) is 14.5 Å². The number of rotatable bonds is 4. The van der Waals surface area contributed by atoms with Gasteiger partial charge in [0.15, 0.2) is 0 Å². The fraction of sp³-hybridized carbons (Fsp3) is 0.0435. The zero-order valence-corrected chi connectivity index (χ0v) is 14.9. The van der Waals surface area contributed by atoms with Crippen molar-refractivity contribution in [1.82, 2.24) is 4.90 Å². The Hall–Kier alpha value is -3.86. The van der Waals surface area contributed by atoms with Crippen LogP contribution in [0.1, 0.15) is 16.7 Å². The second-order valence-electron chi connectivity index (χ2n) is 6.53. The minimum Gasteiger partial charge on any atom is -0.508 e. The lowest BCUT2D eigenvalue weighted by Gasteiger charge is -2.15. The molecule has 3 aromatic carbocycles. The summed E-state index contributed by atoms with van der Waals surface area (Å²) in [6.45, 7) is 0.168. The first kappa shape index (κ1) is 17.5. The summed E-state index contributed by atoms with van der Waals surface area (Å²) in [4.78, 5) is 27.6. The van der Waals surface area contributed by atoms with Gasteiger partial charge < -0.3 is 10.2 Å². The summed E-state index contributed by atoms with van der Waals surface area (Å²) >= 11 is 0. The third-order valence-electron chi connectivity index (χ3n) is 4.66. The number of imide groups is 1. The third kappa shape index (κ3) is 3.14. The first-order valence-corrected chi connectivity index (χ1v) is 8.78. The van der Waals surface area contributed by atoms with Crippen molar-refractivity contribution in [3.05, 3.63) is 95.6 Å². The molecule has 28 heavy (non-hydrogen) atoms. The SMILES string of the molecule is O=C1C(c2ccc(O)cc2)=C(c2ccc(O)cc2)C(=O)N1Cc1ccccc1. The Balaban J connectivity index is 1.82. The molecule has 3 aromatic rings. The zero-order valence-electron chi connectivity index (χ0n) is 14.9. The number of aromatic hydroxyl groups is 2. The number of hydrogen-bond donors (Lipinski definition) is 2. The maximum atomic E-state index is 13.2. The number of phenols is 2. The molecule has 5 heteroatoms. The van der Waals surface area contributed by atoms with Gasteiger partial charge in [0.1, 0.15) is 11.5 Å². The van der Waals surface area contributed by atoms with Crippen LogP contribution in [0.5, 0.6) is 11.5 Å². The molecule has 1 aliphatic heterocycles. The van der Waals surface area contributed by atoms with Gasteiger partial charge in [-0.25, -0.2) is 0 Å². The van der Waals surface area contributed by atoms with Gasteiger partial charge in [-0.05, 0) is 41.0 Å². The maximum absolute atomic E-state index is 13.2. The molecule has 2 amide bonds. The van der Waals surface area contributed by atoms with Gasteiger partial charge >= 0.3 is 0 Å². The van der Waals surface area contributed by atoms with Gasteiger partial charge in [-0.2, -0.15) is 0 Å². The highest BCUT2D eigenvalue weighted by molar-refractivity contribution is 6.48. The lowest BCUT2D eigenvalue weighted by molar-refractivity contribution is -0.136. The van der Waals surface area contributed by atoms with Gasteiger partial charge in [0.05, 0.1) is 17.7 Å². The van der Waals surface area contributed by atoms with E-state index in [0.717, 1.165) is 5.56 Å². The normalized spacial score (nSPS) is 14.1. The van der Waals surface area contributed by atoms with Gasteiger partial charge in [0.2, 0.25) is 0 Å². The van der Waals surface area contributed by atoms with Crippen molar-refractivity contribution in [2.45, 2.75) is 6.54 Å². The number of hydrogen-bond acceptors (Lipinski definition) is 4. The van der Waals surface area contributed by atoms with Crippen LogP contribution in [0.15, 0.2) is 78.9 Å². The summed E-state index contributed by atoms with van der Waals surface area (Å²) in [6, 6.07) is 21.7. The van der Waals surface area contributed by atoms with Crippen molar-refractivity contribution in [3.8, 4) is 11.5 Å². The molecule has 0 aromatic heterocycles. The van der Waals surface area contributed by atoms with Gasteiger partial charge in [0, 0.05) is 0 Å². The summed E-state index contributed by atoms with van der Waals surface area (Å²) in [5, 5.41) is 19.1. The predicted octanol–water partition coefficient (Wildman–Crippen LogP) is 3.58. The van der Waals surface area contributed by atoms with Crippen molar-refractivity contribution >= 4 is 23.0 Å². The Labute approximate surface area is 161 Å². The monoisotopic (exact) mass is 371 g/mol. The van der Waals surface area contributed by atoms with E-state index >= 15 is 0 Å². The summed E-state index contributed by atoms with van der Waals surface area (Å²) < 4.78 is 0. The van der Waals surface area contributed by atoms with Crippen LogP contribution >= 0.6 is 0 Å². The van der Waals surface area contributed by atoms with Crippen molar-refractivity contribution in [2.24, 2.45) is 0 Å². The van der Waals surface area contributed by atoms with E-state index in [1.807, 2.05) is 30.3 Å². The molecule has 0 unspecified atom stereocenters. The van der Waals surface area contributed by atoms with E-state index in [1.165, 1.54) is 29.2 Å². The van der Waals surface area contributed by atoms with E-state index in [0.29, 0.717) is 11.1 Å². The Morgan fingerprint density at radius 2 is 1.04 bits per heavy atom. The molecule has 1 aliphatic rings. The smallest absolute Gasteiger partial charge is 0.262 e. The largest absolute Gasteiger partial charge is 0.508 e. The molecule has 0 atom stereocenters. The summed E-state index contributed by atoms with van der Waals surface area (Å²) in [6.07, 6.45) is 0. The standard InChI is InChI=1S/C23H17NO4/c25-18-10-6-16(7-11-18)20-21(17-8-12-19(26)13-9-17)23(28)24(22(20)27)14-15-4-2-1-3-5-15/h1-13,25-26H,14H2. The van der Waals surface area contributed by atoms with Crippen LogP contribution in [0, 0.1) is 0 Å². The molecule has 2 N–H and O–H groups in total. The van der Waals surface area contributed by atoms with E-state index in [9.17, 15) is 19.8 Å². The van der Waals surface area contributed by atoms with Crippen LogP contribution in [0.4, 0.5) is 0 Å². The second kappa shape index (κ2) is 7.04. The molecular weight excluding hydrogens is 354 g/mol. The molecule has 0 saturated carbocycles. The van der Waals surface area contributed by atoms with Crippen LogP contribution < -0.4 is 0 Å². The fourth-order valence-corrected chi connectivity index (χ4v) is 3.28. The minimum atomic E-state index is -0.386. The highest BCUT2D eigenvalue weighted by Crippen LogP contribution is 2.37. The number of amides is 2. The van der Waals surface area contributed by atoms with Gasteiger partial charge in [0.25, 0.3) is 11.8 Å². The van der Waals surface area contributed by atoms with Crippen LogP contribution in [0.2, 0.25) is 0 Å². The average molecular weight is 371 g/mol. The minimum absolute atomic E-state index is 0.0773. The molecule has 0 fully saturated rings. The van der Waals surface area contributed by atoms with Crippen molar-refractivity contribution in [3.63, 3.8) is 0 Å². The van der Waals surface area contributed by atoms with Crippen molar-refractivity contribution in [1.29, 1.82) is 0 Å². The topological polar surface area (TPSA) is 77.8 Å². The summed E-state index contributed by atoms with van der Waals surface area (Å²) in [5.41, 5.74) is 2.52. The average Bonchev–Trinajstić information content (AvgIpc) is 2.95. The van der Waals surface area contributed by atoms with Gasteiger partial charge in [-0.15, -0.1) is 0 Å².